The number of thiophene rings is 1. The molecule has 0 saturated carbocycles. The van der Waals surface area contributed by atoms with Crippen molar-refractivity contribution in [1.82, 2.24) is 4.57 Å². The number of rotatable bonds is 8. The van der Waals surface area contributed by atoms with Crippen LogP contribution >= 0.6 is 30.2 Å². The average Bonchev–Trinajstić information content (AvgIpc) is 3.88. The molecule has 1 aliphatic heterocycles. The van der Waals surface area contributed by atoms with E-state index >= 15 is 0 Å². The normalized spacial score (nSPS) is 13.2. The molecule has 0 fully saturated rings. The van der Waals surface area contributed by atoms with Crippen LogP contribution < -0.4 is 0 Å². The number of aryl methyl sites for hydroxylation is 1. The third kappa shape index (κ3) is 7.12. The van der Waals surface area contributed by atoms with Gasteiger partial charge in [0.25, 0.3) is 0 Å². The summed E-state index contributed by atoms with van der Waals surface area (Å²) in [5, 5.41) is 5.10. The summed E-state index contributed by atoms with van der Waals surface area (Å²) in [6.07, 6.45) is 0.805. The number of nitrogens with zero attached hydrogens (tertiary/aromatic N) is 3. The van der Waals surface area contributed by atoms with E-state index in [1.54, 1.807) is 0 Å². The Morgan fingerprint density at radius 2 is 1.17 bits per heavy atom. The molecule has 65 heavy (non-hydrogen) atoms. The minimum absolute atomic E-state index is 0.735. The molecule has 0 aliphatic carbocycles. The van der Waals surface area contributed by atoms with Crippen molar-refractivity contribution in [2.24, 2.45) is 9.98 Å². The Bertz CT molecular complexity index is 3810. The quantitative estimate of drug-likeness (QED) is 0.136. The summed E-state index contributed by atoms with van der Waals surface area (Å²) in [5.41, 5.74) is 15.6. The molecule has 2 aromatic heterocycles. The summed E-state index contributed by atoms with van der Waals surface area (Å²) in [4.78, 5) is 10.6. The third-order valence-electron chi connectivity index (χ3n) is 12.6. The number of aromatic nitrogens is 1. The van der Waals surface area contributed by atoms with Gasteiger partial charge < -0.3 is 4.57 Å². The molecule has 0 amide bonds. The minimum atomic E-state index is -2.30. The van der Waals surface area contributed by atoms with Gasteiger partial charge in [-0.3, -0.25) is 0 Å². The second-order valence-corrected chi connectivity index (χ2v) is 21.8. The van der Waals surface area contributed by atoms with Crippen molar-refractivity contribution >= 4 is 89.9 Å². The number of hydrogen-bond acceptors (Lipinski definition) is 3. The van der Waals surface area contributed by atoms with Crippen LogP contribution in [-0.4, -0.2) is 22.3 Å². The van der Waals surface area contributed by atoms with Crippen LogP contribution in [0.1, 0.15) is 33.4 Å². The van der Waals surface area contributed by atoms with Crippen molar-refractivity contribution in [3.8, 4) is 27.9 Å². The van der Waals surface area contributed by atoms with Crippen molar-refractivity contribution in [3.63, 3.8) is 0 Å². The molecule has 0 bridgehead atoms. The molecule has 0 N–H and O–H groups in total. The Kier molecular flexibility index (Phi) is 9.95. The van der Waals surface area contributed by atoms with E-state index in [0.717, 1.165) is 42.0 Å². The SMILES string of the molecule is C=I1=C(c2ccccc2)N=C(c2ccccc2)N=C1c1cccc(-n2c3cc(Cc4ccccc4-c4ccc(-c5ccccc5)cc4C)ccc3c3cc4c(cc32)sc2ccccc24)c1. The highest BCUT2D eigenvalue weighted by atomic mass is 127. The highest BCUT2D eigenvalue weighted by molar-refractivity contribution is 14.2. The first-order valence-corrected chi connectivity index (χ1v) is 26.4. The molecular weight excluding hydrogens is 922 g/mol. The van der Waals surface area contributed by atoms with Gasteiger partial charge in [-0.05, 0) is 88.7 Å². The maximum absolute atomic E-state index is 5.36. The van der Waals surface area contributed by atoms with E-state index in [9.17, 15) is 0 Å². The van der Waals surface area contributed by atoms with Crippen molar-refractivity contribution in [2.75, 3.05) is 0 Å². The van der Waals surface area contributed by atoms with E-state index in [1.165, 1.54) is 80.9 Å². The van der Waals surface area contributed by atoms with Gasteiger partial charge in [-0.25, -0.2) is 9.98 Å². The molecule has 0 saturated heterocycles. The molecular formula is C60H42IN3S. The van der Waals surface area contributed by atoms with Gasteiger partial charge in [-0.15, -0.1) is 11.3 Å². The van der Waals surface area contributed by atoms with Gasteiger partial charge in [0.1, 0.15) is 7.35 Å². The maximum Gasteiger partial charge on any atom is 0.161 e. The Balaban J connectivity index is 1.02. The zero-order valence-corrected chi connectivity index (χ0v) is 38.7. The number of benzene rings is 9. The lowest BCUT2D eigenvalue weighted by molar-refractivity contribution is 1.16. The Labute approximate surface area is 388 Å². The Morgan fingerprint density at radius 1 is 0.477 bits per heavy atom. The predicted molar refractivity (Wildman–Crippen MR) is 290 cm³/mol. The molecule has 9 aromatic carbocycles. The first-order valence-electron chi connectivity index (χ1n) is 21.9. The monoisotopic (exact) mass is 963 g/mol. The highest BCUT2D eigenvalue weighted by Crippen LogP contribution is 2.42. The van der Waals surface area contributed by atoms with Gasteiger partial charge in [0.2, 0.25) is 0 Å². The highest BCUT2D eigenvalue weighted by Gasteiger charge is 2.21. The third-order valence-corrected chi connectivity index (χ3v) is 17.9. The van der Waals surface area contributed by atoms with Crippen LogP contribution in [0.25, 0.3) is 69.9 Å². The van der Waals surface area contributed by atoms with E-state index in [4.69, 9.17) is 14.5 Å². The molecule has 12 rings (SSSR count). The number of fused-ring (bicyclic) bond motifs is 6. The number of halogens is 1. The van der Waals surface area contributed by atoms with Gasteiger partial charge in [0, 0.05) is 53.3 Å². The molecule has 3 heterocycles. The summed E-state index contributed by atoms with van der Waals surface area (Å²) >= 11 is -0.432. The van der Waals surface area contributed by atoms with Crippen molar-refractivity contribution in [3.05, 3.63) is 246 Å². The van der Waals surface area contributed by atoms with E-state index in [1.807, 2.05) is 17.4 Å². The van der Waals surface area contributed by atoms with Crippen LogP contribution in [0.2, 0.25) is 0 Å². The molecule has 310 valence electrons. The molecule has 3 nitrogen and oxygen atoms in total. The fourth-order valence-corrected chi connectivity index (χ4v) is 14.3. The first kappa shape index (κ1) is 39.4. The van der Waals surface area contributed by atoms with Crippen LogP contribution in [0.3, 0.4) is 0 Å². The maximum atomic E-state index is 5.36. The lowest BCUT2D eigenvalue weighted by atomic mass is 9.90. The summed E-state index contributed by atoms with van der Waals surface area (Å²) in [7, 11) is 0. The number of hydrogen-bond donors (Lipinski definition) is 0. The van der Waals surface area contributed by atoms with E-state index in [0.29, 0.717) is 0 Å². The zero-order chi connectivity index (χ0) is 43.4. The fourth-order valence-electron chi connectivity index (χ4n) is 9.46. The van der Waals surface area contributed by atoms with Crippen molar-refractivity contribution < 1.29 is 0 Å². The first-order chi connectivity index (χ1) is 32.0. The van der Waals surface area contributed by atoms with Crippen LogP contribution in [-0.2, 0) is 6.42 Å². The van der Waals surface area contributed by atoms with Crippen LogP contribution in [0.15, 0.2) is 222 Å². The van der Waals surface area contributed by atoms with E-state index in [2.05, 4.69) is 218 Å². The van der Waals surface area contributed by atoms with Gasteiger partial charge in [0.15, 0.2) is 5.84 Å². The van der Waals surface area contributed by atoms with Gasteiger partial charge in [0.05, 0.1) is 11.0 Å². The molecule has 11 aromatic rings. The van der Waals surface area contributed by atoms with Gasteiger partial charge in [-0.1, -0.05) is 199 Å². The number of aliphatic imine (C=N–C) groups is 2. The van der Waals surface area contributed by atoms with Gasteiger partial charge >= 0.3 is 0 Å². The minimum Gasteiger partial charge on any atom is -0.309 e. The topological polar surface area (TPSA) is 29.6 Å². The van der Waals surface area contributed by atoms with Crippen molar-refractivity contribution in [1.29, 1.82) is 0 Å². The Morgan fingerprint density at radius 3 is 1.97 bits per heavy atom. The lowest BCUT2D eigenvalue weighted by Crippen LogP contribution is -2.13. The smallest absolute Gasteiger partial charge is 0.161 e. The lowest BCUT2D eigenvalue weighted by Gasteiger charge is -2.17. The van der Waals surface area contributed by atoms with E-state index < -0.39 is 18.9 Å². The molecule has 0 spiro atoms. The van der Waals surface area contributed by atoms with Crippen LogP contribution in [0, 0.1) is 6.92 Å². The summed E-state index contributed by atoms with van der Waals surface area (Å²) < 4.78 is 12.1. The summed E-state index contributed by atoms with van der Waals surface area (Å²) in [5.74, 6) is 0.735. The molecule has 0 atom stereocenters. The fraction of sp³-hybridized carbons (Fsp3) is 0.0333. The molecule has 5 heteroatoms. The Hall–Kier alpha value is -7.19. The average molecular weight is 964 g/mol. The van der Waals surface area contributed by atoms with E-state index in [-0.39, 0.29) is 0 Å². The standard InChI is InChI=1S/C60H42IN3S/c1-39-33-44(41-17-6-3-7-18-41)30-32-48(39)49-26-13-12-23-45(49)34-40-29-31-50-52-37-53-51-27-14-15-28-56(51)65-57(53)38-55(52)64(54(50)35-40)47-25-16-24-46(36-47)59-61(2)58(42-19-8-4-9-20-42)62-60(63-59)43-21-10-5-11-22-43/h3-33,35-38H,2,34H2,1H3. The largest absolute Gasteiger partial charge is 0.309 e. The molecule has 1 aliphatic rings. The molecule has 0 radical (unpaired) electrons. The van der Waals surface area contributed by atoms with Gasteiger partial charge in [-0.2, -0.15) is 0 Å². The summed E-state index contributed by atoms with van der Waals surface area (Å²) in [6.45, 7) is 2.24. The van der Waals surface area contributed by atoms with Crippen molar-refractivity contribution in [2.45, 2.75) is 13.3 Å². The second-order valence-electron chi connectivity index (χ2n) is 16.7. The molecule has 0 unspecified atom stereocenters. The second kappa shape index (κ2) is 16.4. The zero-order valence-electron chi connectivity index (χ0n) is 35.7. The predicted octanol–water partition coefficient (Wildman–Crippen LogP) is 15.7. The number of amidine groups is 1. The van der Waals surface area contributed by atoms with Crippen LogP contribution in [0.4, 0.5) is 0 Å². The van der Waals surface area contributed by atoms with Crippen LogP contribution in [0.5, 0.6) is 0 Å². The summed E-state index contributed by atoms with van der Waals surface area (Å²) in [6, 6.07) is 77.0.